The van der Waals surface area contributed by atoms with Crippen LogP contribution in [0.2, 0.25) is 0 Å². The molecule has 0 amide bonds. The molecule has 0 N–H and O–H groups in total. The van der Waals surface area contributed by atoms with E-state index in [0.717, 1.165) is 26.1 Å². The molecule has 2 heteroatoms. The molecule has 0 aromatic rings. The van der Waals surface area contributed by atoms with E-state index in [1.807, 2.05) is 0 Å². The number of ether oxygens (including phenoxy) is 2. The van der Waals surface area contributed by atoms with Crippen LogP contribution in [0, 0.1) is 10.8 Å². The van der Waals surface area contributed by atoms with Crippen LogP contribution in [0.4, 0.5) is 0 Å². The van der Waals surface area contributed by atoms with Crippen molar-refractivity contribution >= 4 is 0 Å². The lowest BCUT2D eigenvalue weighted by atomic mass is 9.93. The molecule has 0 unspecified atom stereocenters. The molecule has 0 heterocycles. The number of hydrogen-bond donors (Lipinski definition) is 0. The Morgan fingerprint density at radius 3 is 1.17 bits per heavy atom. The van der Waals surface area contributed by atoms with Gasteiger partial charge < -0.3 is 9.47 Å². The quantitative estimate of drug-likeness (QED) is 0.660. The van der Waals surface area contributed by atoms with Crippen molar-refractivity contribution in [2.24, 2.45) is 10.8 Å². The van der Waals surface area contributed by atoms with Gasteiger partial charge in [-0.3, -0.25) is 0 Å². The topological polar surface area (TPSA) is 18.5 Å². The van der Waals surface area contributed by atoms with Crippen LogP contribution in [0.3, 0.4) is 0 Å². The summed E-state index contributed by atoms with van der Waals surface area (Å²) in [5, 5.41) is 0. The van der Waals surface area contributed by atoms with E-state index in [-0.39, 0.29) is 12.2 Å². The Balaban J connectivity index is 3.73. The van der Waals surface area contributed by atoms with Crippen LogP contribution in [-0.2, 0) is 9.47 Å². The molecule has 18 heavy (non-hydrogen) atoms. The van der Waals surface area contributed by atoms with Crippen molar-refractivity contribution in [3.63, 3.8) is 0 Å². The van der Waals surface area contributed by atoms with Gasteiger partial charge in [0.2, 0.25) is 0 Å². The first-order valence-corrected chi connectivity index (χ1v) is 7.24. The van der Waals surface area contributed by atoms with Crippen molar-refractivity contribution in [1.82, 2.24) is 0 Å². The third kappa shape index (κ3) is 11.0. The highest BCUT2D eigenvalue weighted by Gasteiger charge is 2.17. The highest BCUT2D eigenvalue weighted by atomic mass is 16.5. The molecule has 110 valence electrons. The number of rotatable bonds is 7. The van der Waals surface area contributed by atoms with Crippen LogP contribution in [0.1, 0.15) is 68.2 Å². The fraction of sp³-hybridized carbons (Fsp3) is 1.00. The minimum Gasteiger partial charge on any atom is -0.376 e. The summed E-state index contributed by atoms with van der Waals surface area (Å²) in [6.07, 6.45) is 2.53. The minimum absolute atomic E-state index is 0.173. The highest BCUT2D eigenvalue weighted by Crippen LogP contribution is 2.20. The second-order valence-corrected chi connectivity index (χ2v) is 7.77. The first-order chi connectivity index (χ1) is 8.01. The van der Waals surface area contributed by atoms with E-state index in [9.17, 15) is 0 Å². The lowest BCUT2D eigenvalue weighted by Gasteiger charge is -2.25. The molecule has 0 aliphatic rings. The lowest BCUT2D eigenvalue weighted by Crippen LogP contribution is -2.28. The monoisotopic (exact) mass is 258 g/mol. The van der Waals surface area contributed by atoms with Gasteiger partial charge in [0.25, 0.3) is 0 Å². The van der Waals surface area contributed by atoms with Gasteiger partial charge in [-0.1, -0.05) is 41.5 Å². The molecule has 0 radical (unpaired) electrons. The summed E-state index contributed by atoms with van der Waals surface area (Å²) in [5.74, 6) is 0. The standard InChI is InChI=1S/C16H34O2/c1-13(17-11-9-15(3,4)5)14(2)18-12-10-16(6,7)8/h13-14H,9-12H2,1-8H3/t13-,14-/m0/s1. The summed E-state index contributed by atoms with van der Waals surface area (Å²) in [5.41, 5.74) is 0.687. The SMILES string of the molecule is C[C@H](OCCC(C)(C)C)[C@H](C)OCCC(C)(C)C. The summed E-state index contributed by atoms with van der Waals surface area (Å²) in [4.78, 5) is 0. The molecule has 0 rings (SSSR count). The summed E-state index contributed by atoms with van der Waals surface area (Å²) in [6, 6.07) is 0. The molecule has 0 spiro atoms. The predicted molar refractivity (Wildman–Crippen MR) is 79.0 cm³/mol. The van der Waals surface area contributed by atoms with Crippen molar-refractivity contribution in [1.29, 1.82) is 0 Å². The summed E-state index contributed by atoms with van der Waals surface area (Å²) < 4.78 is 11.7. The first-order valence-electron chi connectivity index (χ1n) is 7.24. The maximum Gasteiger partial charge on any atom is 0.0805 e. The van der Waals surface area contributed by atoms with Crippen molar-refractivity contribution in [3.8, 4) is 0 Å². The predicted octanol–water partition coefficient (Wildman–Crippen LogP) is 4.67. The van der Waals surface area contributed by atoms with Crippen LogP contribution in [0.5, 0.6) is 0 Å². The molecule has 0 aromatic heterocycles. The third-order valence-electron chi connectivity index (χ3n) is 3.13. The summed E-state index contributed by atoms with van der Waals surface area (Å²) >= 11 is 0. The fourth-order valence-electron chi connectivity index (χ4n) is 1.37. The zero-order valence-corrected chi connectivity index (χ0v) is 13.8. The van der Waals surface area contributed by atoms with E-state index < -0.39 is 0 Å². The molecular weight excluding hydrogens is 224 g/mol. The maximum absolute atomic E-state index is 5.84. The Labute approximate surface area is 114 Å². The van der Waals surface area contributed by atoms with E-state index in [1.165, 1.54) is 0 Å². The molecule has 0 fully saturated rings. The fourth-order valence-corrected chi connectivity index (χ4v) is 1.37. The maximum atomic E-state index is 5.84. The van der Waals surface area contributed by atoms with Crippen molar-refractivity contribution in [2.45, 2.75) is 80.4 Å². The molecule has 0 aliphatic carbocycles. The van der Waals surface area contributed by atoms with Crippen LogP contribution >= 0.6 is 0 Å². The van der Waals surface area contributed by atoms with Crippen molar-refractivity contribution in [3.05, 3.63) is 0 Å². The van der Waals surface area contributed by atoms with Gasteiger partial charge in [0, 0.05) is 13.2 Å². The molecule has 0 aliphatic heterocycles. The second kappa shape index (κ2) is 7.49. The summed E-state index contributed by atoms with van der Waals surface area (Å²) in [6.45, 7) is 19.3. The van der Waals surface area contributed by atoms with E-state index in [2.05, 4.69) is 55.4 Å². The van der Waals surface area contributed by atoms with Gasteiger partial charge in [-0.25, -0.2) is 0 Å². The molecule has 2 atom stereocenters. The molecule has 0 saturated carbocycles. The van der Waals surface area contributed by atoms with Crippen LogP contribution in [-0.4, -0.2) is 25.4 Å². The largest absolute Gasteiger partial charge is 0.376 e. The Hall–Kier alpha value is -0.0800. The Kier molecular flexibility index (Phi) is 7.46. The average molecular weight is 258 g/mol. The van der Waals surface area contributed by atoms with E-state index in [0.29, 0.717) is 10.8 Å². The van der Waals surface area contributed by atoms with Gasteiger partial charge >= 0.3 is 0 Å². The smallest absolute Gasteiger partial charge is 0.0805 e. The minimum atomic E-state index is 0.173. The van der Waals surface area contributed by atoms with Gasteiger partial charge in [-0.2, -0.15) is 0 Å². The van der Waals surface area contributed by atoms with E-state index >= 15 is 0 Å². The molecule has 2 nitrogen and oxygen atoms in total. The normalized spacial score (nSPS) is 16.7. The Bertz CT molecular complexity index is 186. The number of hydrogen-bond acceptors (Lipinski definition) is 2. The third-order valence-corrected chi connectivity index (χ3v) is 3.13. The van der Waals surface area contributed by atoms with Crippen molar-refractivity contribution in [2.75, 3.05) is 13.2 Å². The zero-order chi connectivity index (χ0) is 14.4. The zero-order valence-electron chi connectivity index (χ0n) is 13.8. The van der Waals surface area contributed by atoms with E-state index in [1.54, 1.807) is 0 Å². The summed E-state index contributed by atoms with van der Waals surface area (Å²) in [7, 11) is 0. The molecular formula is C16H34O2. The van der Waals surface area contributed by atoms with Gasteiger partial charge in [-0.05, 0) is 37.5 Å². The van der Waals surface area contributed by atoms with Crippen LogP contribution < -0.4 is 0 Å². The van der Waals surface area contributed by atoms with Gasteiger partial charge in [-0.15, -0.1) is 0 Å². The van der Waals surface area contributed by atoms with Crippen molar-refractivity contribution < 1.29 is 9.47 Å². The molecule has 0 saturated heterocycles. The Morgan fingerprint density at radius 2 is 0.944 bits per heavy atom. The lowest BCUT2D eigenvalue weighted by molar-refractivity contribution is -0.0652. The highest BCUT2D eigenvalue weighted by molar-refractivity contribution is 4.65. The van der Waals surface area contributed by atoms with Crippen LogP contribution in [0.25, 0.3) is 0 Å². The average Bonchev–Trinajstić information content (AvgIpc) is 2.13. The van der Waals surface area contributed by atoms with Crippen LogP contribution in [0.15, 0.2) is 0 Å². The molecule has 0 bridgehead atoms. The van der Waals surface area contributed by atoms with Gasteiger partial charge in [0.1, 0.15) is 0 Å². The second-order valence-electron chi connectivity index (χ2n) is 7.77. The van der Waals surface area contributed by atoms with Gasteiger partial charge in [0.05, 0.1) is 12.2 Å². The van der Waals surface area contributed by atoms with Gasteiger partial charge in [0.15, 0.2) is 0 Å². The van der Waals surface area contributed by atoms with E-state index in [4.69, 9.17) is 9.47 Å². The molecule has 0 aromatic carbocycles. The first kappa shape index (κ1) is 17.9. The Morgan fingerprint density at radius 1 is 0.667 bits per heavy atom.